The number of methoxy groups -OCH3 is 1. The first-order chi connectivity index (χ1) is 11.9. The molecule has 1 saturated heterocycles. The van der Waals surface area contributed by atoms with Gasteiger partial charge in [-0.2, -0.15) is 4.31 Å². The number of ether oxygens (including phenoxy) is 1. The van der Waals surface area contributed by atoms with Crippen LogP contribution in [0, 0.1) is 0 Å². The number of aryl methyl sites for hydroxylation is 1. The molecule has 1 amide bonds. The molecule has 2 rings (SSSR count). The predicted octanol–water partition coefficient (Wildman–Crippen LogP) is 2.33. The van der Waals surface area contributed by atoms with Crippen molar-refractivity contribution >= 4 is 15.9 Å². The number of sulfonamides is 1. The van der Waals surface area contributed by atoms with Crippen molar-refractivity contribution in [2.24, 2.45) is 0 Å². The number of amides is 1. The maximum Gasteiger partial charge on any atom is 0.243 e. The monoisotopic (exact) mass is 368 g/mol. The zero-order chi connectivity index (χ0) is 18.4. The van der Waals surface area contributed by atoms with Gasteiger partial charge in [-0.1, -0.05) is 6.92 Å². The molecule has 0 unspecified atom stereocenters. The Hall–Kier alpha value is -1.60. The number of nitrogens with zero attached hydrogens (tertiary/aromatic N) is 1. The maximum atomic E-state index is 12.7. The van der Waals surface area contributed by atoms with Crippen LogP contribution in [-0.2, 0) is 21.2 Å². The first-order valence-electron chi connectivity index (χ1n) is 8.85. The molecular weight excluding hydrogens is 340 g/mol. The minimum atomic E-state index is -3.47. The van der Waals surface area contributed by atoms with Crippen LogP contribution in [0.1, 0.15) is 45.1 Å². The van der Waals surface area contributed by atoms with Gasteiger partial charge < -0.3 is 10.1 Å². The highest BCUT2D eigenvalue weighted by Gasteiger charge is 2.27. The van der Waals surface area contributed by atoms with Crippen LogP contribution in [0.25, 0.3) is 0 Å². The van der Waals surface area contributed by atoms with Crippen LogP contribution in [0.2, 0.25) is 0 Å². The summed E-state index contributed by atoms with van der Waals surface area (Å²) in [4.78, 5) is 12.3. The molecule has 1 N–H and O–H groups in total. The summed E-state index contributed by atoms with van der Waals surface area (Å²) in [5, 5.41) is 2.92. The summed E-state index contributed by atoms with van der Waals surface area (Å²) in [7, 11) is -1.92. The lowest BCUT2D eigenvalue weighted by Gasteiger charge is -2.17. The van der Waals surface area contributed by atoms with Crippen LogP contribution >= 0.6 is 0 Å². The van der Waals surface area contributed by atoms with Crippen molar-refractivity contribution in [1.82, 2.24) is 9.62 Å². The molecule has 25 heavy (non-hydrogen) atoms. The molecule has 1 heterocycles. The molecule has 6 nitrogen and oxygen atoms in total. The Balaban J connectivity index is 2.15. The molecule has 0 aliphatic carbocycles. The van der Waals surface area contributed by atoms with Crippen LogP contribution in [0.4, 0.5) is 0 Å². The van der Waals surface area contributed by atoms with E-state index in [1.165, 1.54) is 4.31 Å². The molecule has 0 aromatic heterocycles. The van der Waals surface area contributed by atoms with Crippen molar-refractivity contribution in [2.45, 2.75) is 56.9 Å². The number of hydrogen-bond acceptors (Lipinski definition) is 4. The smallest absolute Gasteiger partial charge is 0.243 e. The van der Waals surface area contributed by atoms with E-state index < -0.39 is 10.0 Å². The van der Waals surface area contributed by atoms with Gasteiger partial charge in [0, 0.05) is 25.6 Å². The Labute approximate surface area is 150 Å². The highest BCUT2D eigenvalue weighted by molar-refractivity contribution is 7.89. The van der Waals surface area contributed by atoms with Crippen molar-refractivity contribution in [3.8, 4) is 5.75 Å². The second kappa shape index (κ2) is 8.67. The van der Waals surface area contributed by atoms with E-state index >= 15 is 0 Å². The lowest BCUT2D eigenvalue weighted by atomic mass is 10.1. The molecule has 1 aromatic rings. The third-order valence-corrected chi connectivity index (χ3v) is 6.49. The summed E-state index contributed by atoms with van der Waals surface area (Å²) in [6, 6.07) is 5.03. The average Bonchev–Trinajstić information content (AvgIpc) is 3.15. The van der Waals surface area contributed by atoms with Crippen LogP contribution in [-0.4, -0.2) is 44.9 Å². The lowest BCUT2D eigenvalue weighted by Crippen LogP contribution is -2.32. The minimum Gasteiger partial charge on any atom is -0.496 e. The van der Waals surface area contributed by atoms with Crippen molar-refractivity contribution in [3.05, 3.63) is 23.8 Å². The van der Waals surface area contributed by atoms with E-state index in [9.17, 15) is 13.2 Å². The molecule has 1 aliphatic heterocycles. The molecule has 0 spiro atoms. The highest BCUT2D eigenvalue weighted by Crippen LogP contribution is 2.27. The van der Waals surface area contributed by atoms with E-state index in [4.69, 9.17) is 4.74 Å². The Kier molecular flexibility index (Phi) is 6.84. The molecule has 1 aromatic carbocycles. The summed E-state index contributed by atoms with van der Waals surface area (Å²) < 4.78 is 32.3. The molecule has 1 aliphatic rings. The third-order valence-electron chi connectivity index (χ3n) is 4.60. The average molecular weight is 368 g/mol. The number of benzene rings is 1. The molecule has 0 bridgehead atoms. The van der Waals surface area contributed by atoms with Gasteiger partial charge in [-0.3, -0.25) is 4.79 Å². The second-order valence-corrected chi connectivity index (χ2v) is 8.40. The van der Waals surface area contributed by atoms with Crippen LogP contribution in [0.15, 0.2) is 23.1 Å². The lowest BCUT2D eigenvalue weighted by molar-refractivity contribution is -0.121. The van der Waals surface area contributed by atoms with Gasteiger partial charge in [0.1, 0.15) is 5.75 Å². The first kappa shape index (κ1) is 19.7. The van der Waals surface area contributed by atoms with E-state index in [0.29, 0.717) is 31.7 Å². The van der Waals surface area contributed by atoms with E-state index in [2.05, 4.69) is 5.32 Å². The standard InChI is InChI=1S/C18H28N2O4S/c1-4-14(2)19-18(21)10-7-15-13-16(8-9-17(15)24-3)25(22,23)20-11-5-6-12-20/h8-9,13-14H,4-7,10-12H2,1-3H3,(H,19,21)/t14-/m1/s1. The zero-order valence-electron chi connectivity index (χ0n) is 15.2. The Bertz CT molecular complexity index is 697. The van der Waals surface area contributed by atoms with Gasteiger partial charge in [-0.05, 0) is 56.4 Å². The molecule has 1 atom stereocenters. The molecule has 0 saturated carbocycles. The van der Waals surface area contributed by atoms with Crippen LogP contribution in [0.3, 0.4) is 0 Å². The Morgan fingerprint density at radius 1 is 1.32 bits per heavy atom. The van der Waals surface area contributed by atoms with Crippen LogP contribution in [0.5, 0.6) is 5.75 Å². The van der Waals surface area contributed by atoms with Crippen molar-refractivity contribution in [3.63, 3.8) is 0 Å². The number of nitrogens with one attached hydrogen (secondary N) is 1. The summed E-state index contributed by atoms with van der Waals surface area (Å²) in [5.74, 6) is 0.570. The zero-order valence-corrected chi connectivity index (χ0v) is 16.1. The summed E-state index contributed by atoms with van der Waals surface area (Å²) in [6.45, 7) is 5.12. The maximum absolute atomic E-state index is 12.7. The van der Waals surface area contributed by atoms with E-state index in [0.717, 1.165) is 24.8 Å². The van der Waals surface area contributed by atoms with Crippen molar-refractivity contribution in [1.29, 1.82) is 0 Å². The summed E-state index contributed by atoms with van der Waals surface area (Å²) >= 11 is 0. The fraction of sp³-hybridized carbons (Fsp3) is 0.611. The SMILES string of the molecule is CC[C@@H](C)NC(=O)CCc1cc(S(=O)(=O)N2CCCC2)ccc1OC. The normalized spacial score (nSPS) is 16.6. The van der Waals surface area contributed by atoms with Gasteiger partial charge in [0.15, 0.2) is 0 Å². The Morgan fingerprint density at radius 2 is 2.00 bits per heavy atom. The fourth-order valence-corrected chi connectivity index (χ4v) is 4.45. The van der Waals surface area contributed by atoms with Gasteiger partial charge in [-0.15, -0.1) is 0 Å². The van der Waals surface area contributed by atoms with Gasteiger partial charge >= 0.3 is 0 Å². The summed E-state index contributed by atoms with van der Waals surface area (Å²) in [5.41, 5.74) is 0.738. The number of hydrogen-bond donors (Lipinski definition) is 1. The number of rotatable bonds is 8. The molecule has 7 heteroatoms. The highest BCUT2D eigenvalue weighted by atomic mass is 32.2. The van der Waals surface area contributed by atoms with E-state index in [-0.39, 0.29) is 16.8 Å². The third kappa shape index (κ3) is 4.95. The van der Waals surface area contributed by atoms with Gasteiger partial charge in [-0.25, -0.2) is 8.42 Å². The quantitative estimate of drug-likeness (QED) is 0.764. The second-order valence-electron chi connectivity index (χ2n) is 6.46. The van der Waals surface area contributed by atoms with Gasteiger partial charge in [0.2, 0.25) is 15.9 Å². The van der Waals surface area contributed by atoms with Gasteiger partial charge in [0.25, 0.3) is 0 Å². The molecule has 0 radical (unpaired) electrons. The van der Waals surface area contributed by atoms with Crippen molar-refractivity contribution in [2.75, 3.05) is 20.2 Å². The van der Waals surface area contributed by atoms with E-state index in [1.807, 2.05) is 13.8 Å². The number of carbonyl (C=O) groups excluding carboxylic acids is 1. The molecular formula is C18H28N2O4S. The molecule has 1 fully saturated rings. The largest absolute Gasteiger partial charge is 0.496 e. The van der Waals surface area contributed by atoms with Gasteiger partial charge in [0.05, 0.1) is 12.0 Å². The number of carbonyl (C=O) groups is 1. The fourth-order valence-electron chi connectivity index (χ4n) is 2.89. The molecule has 140 valence electrons. The topological polar surface area (TPSA) is 75.7 Å². The Morgan fingerprint density at radius 3 is 2.60 bits per heavy atom. The van der Waals surface area contributed by atoms with E-state index in [1.54, 1.807) is 25.3 Å². The van der Waals surface area contributed by atoms with Crippen LogP contribution < -0.4 is 10.1 Å². The minimum absolute atomic E-state index is 0.0378. The predicted molar refractivity (Wildman–Crippen MR) is 97.2 cm³/mol. The first-order valence-corrected chi connectivity index (χ1v) is 10.3. The van der Waals surface area contributed by atoms with Crippen molar-refractivity contribution < 1.29 is 17.9 Å². The summed E-state index contributed by atoms with van der Waals surface area (Å²) in [6.07, 6.45) is 3.41.